The van der Waals surface area contributed by atoms with Crippen molar-refractivity contribution in [2.45, 2.75) is 32.4 Å². The summed E-state index contributed by atoms with van der Waals surface area (Å²) in [5.74, 6) is -0.802. The lowest BCUT2D eigenvalue weighted by molar-refractivity contribution is -0.142. The summed E-state index contributed by atoms with van der Waals surface area (Å²) in [6.07, 6.45) is -0.104. The van der Waals surface area contributed by atoms with Crippen molar-refractivity contribution in [3.05, 3.63) is 0 Å². The maximum atomic E-state index is 10.6. The van der Waals surface area contributed by atoms with E-state index in [1.807, 2.05) is 6.92 Å². The Morgan fingerprint density at radius 2 is 2.44 bits per heavy atom. The van der Waals surface area contributed by atoms with Gasteiger partial charge in [0.1, 0.15) is 0 Å². The van der Waals surface area contributed by atoms with Crippen molar-refractivity contribution in [1.29, 1.82) is 0 Å². The first-order chi connectivity index (χ1) is 7.63. The first-order valence-corrected chi connectivity index (χ1v) is 5.78. The molecule has 1 aliphatic heterocycles. The molecule has 0 bridgehead atoms. The molecule has 0 radical (unpaired) electrons. The molecule has 0 amide bonds. The fraction of sp³-hybridized carbons (Fsp3) is 0.909. The van der Waals surface area contributed by atoms with E-state index in [2.05, 4.69) is 11.8 Å². The number of rotatable bonds is 6. The second-order valence-electron chi connectivity index (χ2n) is 4.09. The molecule has 0 aromatic carbocycles. The van der Waals surface area contributed by atoms with E-state index in [1.165, 1.54) is 0 Å². The molecule has 0 spiro atoms. The van der Waals surface area contributed by atoms with Gasteiger partial charge in [-0.2, -0.15) is 0 Å². The Morgan fingerprint density at radius 1 is 1.69 bits per heavy atom. The van der Waals surface area contributed by atoms with Crippen LogP contribution in [0.15, 0.2) is 0 Å². The predicted molar refractivity (Wildman–Crippen MR) is 59.5 cm³/mol. The van der Waals surface area contributed by atoms with Gasteiger partial charge in [0.2, 0.25) is 0 Å². The quantitative estimate of drug-likeness (QED) is 0.725. The van der Waals surface area contributed by atoms with Gasteiger partial charge in [0.25, 0.3) is 0 Å². The summed E-state index contributed by atoms with van der Waals surface area (Å²) in [5.41, 5.74) is 0. The van der Waals surface area contributed by atoms with Crippen molar-refractivity contribution in [3.8, 4) is 0 Å². The van der Waals surface area contributed by atoms with Crippen LogP contribution in [-0.4, -0.2) is 61.0 Å². The number of carboxylic acid groups (broad SMARTS) is 1. The van der Waals surface area contributed by atoms with Crippen molar-refractivity contribution in [2.75, 3.05) is 32.9 Å². The second-order valence-corrected chi connectivity index (χ2v) is 4.09. The number of hydrogen-bond donors (Lipinski definition) is 1. The summed E-state index contributed by atoms with van der Waals surface area (Å²) in [6, 6.07) is 0.320. The van der Waals surface area contributed by atoms with E-state index in [-0.39, 0.29) is 12.5 Å². The van der Waals surface area contributed by atoms with Crippen LogP contribution in [0, 0.1) is 0 Å². The summed E-state index contributed by atoms with van der Waals surface area (Å²) >= 11 is 0. The van der Waals surface area contributed by atoms with Crippen molar-refractivity contribution >= 4 is 5.97 Å². The van der Waals surface area contributed by atoms with E-state index < -0.39 is 5.97 Å². The summed E-state index contributed by atoms with van der Waals surface area (Å²) in [5, 5.41) is 8.71. The highest BCUT2D eigenvalue weighted by Crippen LogP contribution is 2.11. The maximum absolute atomic E-state index is 10.6. The third-order valence-electron chi connectivity index (χ3n) is 2.76. The van der Waals surface area contributed by atoms with E-state index in [0.29, 0.717) is 32.4 Å². The van der Waals surface area contributed by atoms with Crippen LogP contribution >= 0.6 is 0 Å². The number of carbonyl (C=O) groups is 1. The molecule has 0 aromatic rings. The van der Waals surface area contributed by atoms with Crippen LogP contribution in [-0.2, 0) is 14.3 Å². The van der Waals surface area contributed by atoms with Gasteiger partial charge in [-0.05, 0) is 13.8 Å². The monoisotopic (exact) mass is 231 g/mol. The Hall–Kier alpha value is -0.650. The molecule has 1 N–H and O–H groups in total. The average Bonchev–Trinajstić information content (AvgIpc) is 2.25. The van der Waals surface area contributed by atoms with Crippen LogP contribution in [0.2, 0.25) is 0 Å². The van der Waals surface area contributed by atoms with E-state index in [4.69, 9.17) is 14.6 Å². The second kappa shape index (κ2) is 6.83. The van der Waals surface area contributed by atoms with Crippen molar-refractivity contribution < 1.29 is 19.4 Å². The van der Waals surface area contributed by atoms with Crippen LogP contribution in [0.5, 0.6) is 0 Å². The van der Waals surface area contributed by atoms with E-state index >= 15 is 0 Å². The van der Waals surface area contributed by atoms with Gasteiger partial charge in [0, 0.05) is 25.7 Å². The smallest absolute Gasteiger partial charge is 0.306 e. The molecule has 0 saturated carbocycles. The van der Waals surface area contributed by atoms with Gasteiger partial charge in [-0.15, -0.1) is 0 Å². The van der Waals surface area contributed by atoms with Crippen molar-refractivity contribution in [2.24, 2.45) is 0 Å². The zero-order valence-electron chi connectivity index (χ0n) is 10.0. The normalized spacial score (nSPS) is 24.2. The van der Waals surface area contributed by atoms with E-state index in [9.17, 15) is 4.79 Å². The van der Waals surface area contributed by atoms with Crippen LogP contribution in [0.3, 0.4) is 0 Å². The number of carboxylic acids is 1. The van der Waals surface area contributed by atoms with Gasteiger partial charge < -0.3 is 14.6 Å². The highest BCUT2D eigenvalue weighted by Gasteiger charge is 2.25. The highest BCUT2D eigenvalue weighted by atomic mass is 16.5. The van der Waals surface area contributed by atoms with Crippen molar-refractivity contribution in [1.82, 2.24) is 4.90 Å². The molecule has 94 valence electrons. The lowest BCUT2D eigenvalue weighted by Gasteiger charge is -2.36. The van der Waals surface area contributed by atoms with Gasteiger partial charge in [0.15, 0.2) is 0 Å². The fourth-order valence-electron chi connectivity index (χ4n) is 1.85. The van der Waals surface area contributed by atoms with Crippen molar-refractivity contribution in [3.63, 3.8) is 0 Å². The molecule has 1 rings (SSSR count). The third kappa shape index (κ3) is 4.47. The van der Waals surface area contributed by atoms with Gasteiger partial charge in [-0.25, -0.2) is 0 Å². The number of nitrogens with zero attached hydrogens (tertiary/aromatic N) is 1. The molecular formula is C11H21NO4. The molecule has 1 fully saturated rings. The molecule has 1 heterocycles. The number of aliphatic carboxylic acids is 1. The lowest BCUT2D eigenvalue weighted by atomic mass is 10.1. The minimum atomic E-state index is -0.802. The van der Waals surface area contributed by atoms with Crippen LogP contribution in [0.4, 0.5) is 0 Å². The molecule has 1 saturated heterocycles. The molecule has 0 aromatic heterocycles. The molecule has 5 heteroatoms. The zero-order chi connectivity index (χ0) is 12.0. The zero-order valence-corrected chi connectivity index (χ0v) is 10.0. The van der Waals surface area contributed by atoms with Crippen LogP contribution in [0.1, 0.15) is 20.3 Å². The standard InChI is InChI=1S/C11H21NO4/c1-3-15-8-9(2)12-4-5-16-10(7-12)6-11(13)14/h9-10H,3-8H2,1-2H3,(H,13,14). The largest absolute Gasteiger partial charge is 0.481 e. The van der Waals surface area contributed by atoms with E-state index in [1.54, 1.807) is 0 Å². The first kappa shape index (κ1) is 13.4. The highest BCUT2D eigenvalue weighted by molar-refractivity contribution is 5.67. The SMILES string of the molecule is CCOCC(C)N1CCOC(CC(=O)O)C1. The van der Waals surface area contributed by atoms with Gasteiger partial charge in [0.05, 0.1) is 25.7 Å². The summed E-state index contributed by atoms with van der Waals surface area (Å²) in [6.45, 7) is 7.61. The average molecular weight is 231 g/mol. The fourth-order valence-corrected chi connectivity index (χ4v) is 1.85. The Balaban J connectivity index is 2.34. The molecule has 2 atom stereocenters. The minimum absolute atomic E-state index is 0.0812. The molecule has 16 heavy (non-hydrogen) atoms. The number of hydrogen-bond acceptors (Lipinski definition) is 4. The summed E-state index contributed by atoms with van der Waals surface area (Å²) in [4.78, 5) is 12.8. The molecule has 2 unspecified atom stereocenters. The van der Waals surface area contributed by atoms with Crippen LogP contribution < -0.4 is 0 Å². The third-order valence-corrected chi connectivity index (χ3v) is 2.76. The van der Waals surface area contributed by atoms with E-state index in [0.717, 1.165) is 6.54 Å². The summed E-state index contributed by atoms with van der Waals surface area (Å²) < 4.78 is 10.8. The minimum Gasteiger partial charge on any atom is -0.481 e. The van der Waals surface area contributed by atoms with Gasteiger partial charge in [-0.3, -0.25) is 9.69 Å². The number of ether oxygens (including phenoxy) is 2. The summed E-state index contributed by atoms with van der Waals surface area (Å²) in [7, 11) is 0. The molecular weight excluding hydrogens is 210 g/mol. The Bertz CT molecular complexity index is 222. The Labute approximate surface area is 96.3 Å². The van der Waals surface area contributed by atoms with Crippen LogP contribution in [0.25, 0.3) is 0 Å². The first-order valence-electron chi connectivity index (χ1n) is 5.78. The lowest BCUT2D eigenvalue weighted by Crippen LogP contribution is -2.48. The molecule has 5 nitrogen and oxygen atoms in total. The molecule has 1 aliphatic rings. The Morgan fingerprint density at radius 3 is 3.06 bits per heavy atom. The topological polar surface area (TPSA) is 59.0 Å². The van der Waals surface area contributed by atoms with Gasteiger partial charge >= 0.3 is 5.97 Å². The Kier molecular flexibility index (Phi) is 5.73. The number of morpholine rings is 1. The predicted octanol–water partition coefficient (Wildman–Crippen LogP) is 0.587. The molecule has 0 aliphatic carbocycles. The maximum Gasteiger partial charge on any atom is 0.306 e. The van der Waals surface area contributed by atoms with Gasteiger partial charge in [-0.1, -0.05) is 0 Å².